The van der Waals surface area contributed by atoms with Gasteiger partial charge in [0, 0.05) is 24.9 Å². The number of epoxide rings is 1. The number of imidazole rings is 1. The normalized spacial score (nSPS) is 41.0. The fourth-order valence-electron chi connectivity index (χ4n) is 4.36. The number of carbonyl (C=O) groups excluding carboxylic acids is 1. The van der Waals surface area contributed by atoms with E-state index in [0.29, 0.717) is 6.54 Å². The molecule has 1 aromatic rings. The van der Waals surface area contributed by atoms with Crippen LogP contribution >= 0.6 is 0 Å². The molecule has 2 fully saturated rings. The summed E-state index contributed by atoms with van der Waals surface area (Å²) < 4.78 is 13.9. The number of fused-ring (bicyclic) bond motifs is 3. The van der Waals surface area contributed by atoms with Gasteiger partial charge in [0.25, 0.3) is 0 Å². The molecule has 1 aliphatic carbocycles. The lowest BCUT2D eigenvalue weighted by atomic mass is 9.80. The maximum Gasteiger partial charge on any atom is 0.311 e. The van der Waals surface area contributed by atoms with Gasteiger partial charge < -0.3 is 14.0 Å². The van der Waals surface area contributed by atoms with Crippen molar-refractivity contribution in [3.05, 3.63) is 29.9 Å². The van der Waals surface area contributed by atoms with Crippen molar-refractivity contribution < 1.29 is 14.3 Å². The maximum atomic E-state index is 12.6. The molecular weight excluding hydrogens is 304 g/mol. The van der Waals surface area contributed by atoms with E-state index in [1.165, 1.54) is 5.57 Å². The summed E-state index contributed by atoms with van der Waals surface area (Å²) >= 11 is 0. The number of aryl methyl sites for hydroxylation is 1. The predicted octanol–water partition coefficient (Wildman–Crippen LogP) is 3.03. The van der Waals surface area contributed by atoms with E-state index in [-0.39, 0.29) is 35.6 Å². The maximum absolute atomic E-state index is 12.6. The molecule has 0 saturated carbocycles. The molecule has 130 valence electrons. The number of aromatic nitrogens is 2. The molecule has 0 bridgehead atoms. The van der Waals surface area contributed by atoms with Crippen LogP contribution in [0, 0.1) is 18.8 Å². The van der Waals surface area contributed by atoms with Gasteiger partial charge in [-0.25, -0.2) is 4.98 Å². The van der Waals surface area contributed by atoms with E-state index in [9.17, 15) is 4.79 Å². The number of rotatable bonds is 2. The lowest BCUT2D eigenvalue weighted by Crippen LogP contribution is -2.31. The minimum atomic E-state index is -0.128. The van der Waals surface area contributed by atoms with Crippen LogP contribution in [0.3, 0.4) is 0 Å². The summed E-state index contributed by atoms with van der Waals surface area (Å²) in [5, 5.41) is 0. The van der Waals surface area contributed by atoms with Gasteiger partial charge in [0.15, 0.2) is 0 Å². The predicted molar refractivity (Wildman–Crippen MR) is 89.3 cm³/mol. The van der Waals surface area contributed by atoms with E-state index in [4.69, 9.17) is 9.47 Å². The Morgan fingerprint density at radius 3 is 3.00 bits per heavy atom. The molecule has 0 spiro atoms. The molecule has 0 amide bonds. The average molecular weight is 330 g/mol. The molecule has 1 aromatic heterocycles. The van der Waals surface area contributed by atoms with E-state index in [0.717, 1.165) is 31.5 Å². The van der Waals surface area contributed by atoms with Crippen LogP contribution in [0.4, 0.5) is 0 Å². The second kappa shape index (κ2) is 5.73. The summed E-state index contributed by atoms with van der Waals surface area (Å²) in [5.41, 5.74) is 1.28. The molecule has 5 heteroatoms. The number of hydrogen-bond acceptors (Lipinski definition) is 4. The summed E-state index contributed by atoms with van der Waals surface area (Å²) in [6.45, 7) is 6.97. The lowest BCUT2D eigenvalue weighted by Gasteiger charge is -2.22. The van der Waals surface area contributed by atoms with Crippen LogP contribution < -0.4 is 0 Å². The molecular formula is C19H26N2O3. The van der Waals surface area contributed by atoms with Gasteiger partial charge in [0.05, 0.1) is 11.5 Å². The molecule has 3 heterocycles. The van der Waals surface area contributed by atoms with Crippen molar-refractivity contribution in [1.82, 2.24) is 9.55 Å². The third-order valence-electron chi connectivity index (χ3n) is 6.06. The summed E-state index contributed by atoms with van der Waals surface area (Å²) in [6.07, 6.45) is 10.1. The summed E-state index contributed by atoms with van der Waals surface area (Å²) in [7, 11) is 0. The summed E-state index contributed by atoms with van der Waals surface area (Å²) in [6, 6.07) is 0. The minimum absolute atomic E-state index is 0.0622. The number of ether oxygens (including phenoxy) is 2. The Kier molecular flexibility index (Phi) is 3.79. The molecule has 24 heavy (non-hydrogen) atoms. The van der Waals surface area contributed by atoms with Gasteiger partial charge in [-0.05, 0) is 46.5 Å². The Bertz CT molecular complexity index is 680. The lowest BCUT2D eigenvalue weighted by molar-refractivity contribution is -0.145. The highest BCUT2D eigenvalue weighted by Crippen LogP contribution is 2.50. The molecule has 4 rings (SSSR count). The Morgan fingerprint density at radius 1 is 1.42 bits per heavy atom. The first kappa shape index (κ1) is 15.9. The molecule has 2 aliphatic heterocycles. The molecule has 0 aromatic carbocycles. The van der Waals surface area contributed by atoms with Gasteiger partial charge in [0.2, 0.25) is 0 Å². The first-order valence-corrected chi connectivity index (χ1v) is 8.99. The zero-order valence-electron chi connectivity index (χ0n) is 14.7. The number of nitrogens with zero attached hydrogens (tertiary/aromatic N) is 2. The van der Waals surface area contributed by atoms with Gasteiger partial charge in [0.1, 0.15) is 18.0 Å². The van der Waals surface area contributed by atoms with Gasteiger partial charge >= 0.3 is 5.97 Å². The van der Waals surface area contributed by atoms with Gasteiger partial charge in [-0.15, -0.1) is 0 Å². The van der Waals surface area contributed by atoms with E-state index >= 15 is 0 Å². The quantitative estimate of drug-likeness (QED) is 0.475. The average Bonchev–Trinajstić information content (AvgIpc) is 2.86. The smallest absolute Gasteiger partial charge is 0.311 e. The largest absolute Gasteiger partial charge is 0.459 e. The Hall–Kier alpha value is -1.62. The van der Waals surface area contributed by atoms with Crippen molar-refractivity contribution in [3.8, 4) is 0 Å². The van der Waals surface area contributed by atoms with Crippen LogP contribution in [-0.2, 0) is 20.8 Å². The third-order valence-corrected chi connectivity index (χ3v) is 6.06. The van der Waals surface area contributed by atoms with Crippen molar-refractivity contribution in [2.45, 2.75) is 70.8 Å². The van der Waals surface area contributed by atoms with Gasteiger partial charge in [-0.2, -0.15) is 0 Å². The van der Waals surface area contributed by atoms with Crippen LogP contribution in [0.1, 0.15) is 45.4 Å². The first-order chi connectivity index (χ1) is 11.5. The van der Waals surface area contributed by atoms with Crippen molar-refractivity contribution in [3.63, 3.8) is 0 Å². The van der Waals surface area contributed by atoms with E-state index in [2.05, 4.69) is 29.5 Å². The van der Waals surface area contributed by atoms with Gasteiger partial charge in [-0.1, -0.05) is 11.6 Å². The second-order valence-corrected chi connectivity index (χ2v) is 7.78. The number of allylic oxidation sites excluding steroid dienone is 2. The fraction of sp³-hybridized carbons (Fsp3) is 0.684. The molecule has 0 N–H and O–H groups in total. The van der Waals surface area contributed by atoms with E-state index in [1.54, 1.807) is 6.20 Å². The van der Waals surface area contributed by atoms with Gasteiger partial charge in [-0.3, -0.25) is 4.79 Å². The van der Waals surface area contributed by atoms with Crippen molar-refractivity contribution in [2.24, 2.45) is 11.8 Å². The zero-order valence-corrected chi connectivity index (χ0v) is 14.7. The van der Waals surface area contributed by atoms with E-state index < -0.39 is 0 Å². The number of carbonyl (C=O) groups is 1. The van der Waals surface area contributed by atoms with Crippen molar-refractivity contribution in [2.75, 3.05) is 0 Å². The molecule has 5 atom stereocenters. The van der Waals surface area contributed by atoms with Crippen LogP contribution in [0.15, 0.2) is 24.0 Å². The molecule has 0 radical (unpaired) electrons. The minimum Gasteiger partial charge on any atom is -0.459 e. The number of hydrogen-bond donors (Lipinski definition) is 0. The highest BCUT2D eigenvalue weighted by molar-refractivity contribution is 5.75. The number of esters is 1. The molecule has 5 nitrogen and oxygen atoms in total. The Morgan fingerprint density at radius 2 is 2.25 bits per heavy atom. The van der Waals surface area contributed by atoms with Crippen LogP contribution in [0.2, 0.25) is 0 Å². The van der Waals surface area contributed by atoms with Crippen molar-refractivity contribution >= 4 is 5.97 Å². The third kappa shape index (κ3) is 2.69. The SMILES string of the molecule is C/C1=C\CC[C@@]2(C)OC2[C@H]2OC(=O)C(Cn3ccnc3C)C2CC1. The van der Waals surface area contributed by atoms with Crippen LogP contribution in [-0.4, -0.2) is 33.3 Å². The topological polar surface area (TPSA) is 56.6 Å². The molecule has 3 unspecified atom stereocenters. The Labute approximate surface area is 143 Å². The summed E-state index contributed by atoms with van der Waals surface area (Å²) in [5.74, 6) is 0.975. The zero-order chi connectivity index (χ0) is 16.9. The standard InChI is InChI=1S/C19H26N2O3/c1-12-5-4-8-19(3)17(24-19)16-14(7-6-12)15(18(22)23-16)11-21-10-9-20-13(21)2/h5,9-10,14-17H,4,6-8,11H2,1-3H3/b12-5+/t14?,15?,16-,17?,19+/m0/s1. The van der Waals surface area contributed by atoms with E-state index in [1.807, 2.05) is 13.1 Å². The van der Waals surface area contributed by atoms with Crippen LogP contribution in [0.25, 0.3) is 0 Å². The highest BCUT2D eigenvalue weighted by atomic mass is 16.6. The molecule has 2 saturated heterocycles. The van der Waals surface area contributed by atoms with Crippen molar-refractivity contribution in [1.29, 1.82) is 0 Å². The monoisotopic (exact) mass is 330 g/mol. The van der Waals surface area contributed by atoms with Crippen LogP contribution in [0.5, 0.6) is 0 Å². The fourth-order valence-corrected chi connectivity index (χ4v) is 4.36. The Balaban J connectivity index is 1.60. The first-order valence-electron chi connectivity index (χ1n) is 8.99. The summed E-state index contributed by atoms with van der Waals surface area (Å²) in [4.78, 5) is 16.9. The second-order valence-electron chi connectivity index (χ2n) is 7.78. The molecule has 3 aliphatic rings. The highest BCUT2D eigenvalue weighted by Gasteiger charge is 2.62.